The van der Waals surface area contributed by atoms with Crippen molar-refractivity contribution in [3.63, 3.8) is 0 Å². The van der Waals surface area contributed by atoms with Gasteiger partial charge in [0.2, 0.25) is 0 Å². The Morgan fingerprint density at radius 1 is 1.36 bits per heavy atom. The molecule has 0 rings (SSSR count). The molecular weight excluding hydrogens is 180 g/mol. The van der Waals surface area contributed by atoms with Crippen molar-refractivity contribution in [3.8, 4) is 12.3 Å². The maximum absolute atomic E-state index is 11.4. The first-order valence-electron chi connectivity index (χ1n) is 4.40. The first kappa shape index (κ1) is 12.6. The summed E-state index contributed by atoms with van der Waals surface area (Å²) in [6, 6.07) is 0. The van der Waals surface area contributed by atoms with Crippen LogP contribution in [0.5, 0.6) is 0 Å². The van der Waals surface area contributed by atoms with Gasteiger partial charge in [0.05, 0.1) is 5.41 Å². The third kappa shape index (κ3) is 2.53. The number of terminal acetylenes is 1. The number of rotatable bonds is 6. The van der Waals surface area contributed by atoms with E-state index < -0.39 is 5.41 Å². The van der Waals surface area contributed by atoms with Gasteiger partial charge >= 0.3 is 0 Å². The average Bonchev–Trinajstić information content (AvgIpc) is 2.11. The van der Waals surface area contributed by atoms with Gasteiger partial charge in [0.1, 0.15) is 17.9 Å². The molecule has 14 heavy (non-hydrogen) atoms. The highest BCUT2D eigenvalue weighted by atomic mass is 16.2. The fraction of sp³-hybridized carbons (Fsp3) is 0.545. The summed E-state index contributed by atoms with van der Waals surface area (Å²) in [4.78, 5) is 33.0. The number of Topliss-reactive ketones (excluding diaryl/α,β-unsaturated/α-hetero) is 2. The molecule has 0 atom stereocenters. The lowest BCUT2D eigenvalue weighted by Gasteiger charge is -2.25. The summed E-state index contributed by atoms with van der Waals surface area (Å²) in [6.45, 7) is 2.67. The number of carbonyl (C=O) groups is 3. The van der Waals surface area contributed by atoms with Gasteiger partial charge in [-0.05, 0) is 20.3 Å². The summed E-state index contributed by atoms with van der Waals surface area (Å²) < 4.78 is 0. The van der Waals surface area contributed by atoms with E-state index in [1.165, 1.54) is 13.8 Å². The molecule has 76 valence electrons. The molecule has 0 aliphatic carbocycles. The van der Waals surface area contributed by atoms with Gasteiger partial charge in [-0.2, -0.15) is 0 Å². The Bertz CT molecular complexity index is 269. The Kier molecular flexibility index (Phi) is 4.79. The molecule has 0 radical (unpaired) electrons. The minimum Gasteiger partial charge on any atom is -0.303 e. The summed E-state index contributed by atoms with van der Waals surface area (Å²) >= 11 is 0. The van der Waals surface area contributed by atoms with Crippen molar-refractivity contribution in [2.75, 3.05) is 0 Å². The second-order valence-corrected chi connectivity index (χ2v) is 3.28. The van der Waals surface area contributed by atoms with Crippen molar-refractivity contribution in [1.82, 2.24) is 0 Å². The van der Waals surface area contributed by atoms with Crippen molar-refractivity contribution in [2.24, 2.45) is 5.41 Å². The Morgan fingerprint density at radius 2 is 1.86 bits per heavy atom. The van der Waals surface area contributed by atoms with Crippen LogP contribution < -0.4 is 0 Å². The molecule has 0 fully saturated rings. The van der Waals surface area contributed by atoms with Gasteiger partial charge in [-0.3, -0.25) is 9.59 Å². The van der Waals surface area contributed by atoms with Crippen LogP contribution in [-0.4, -0.2) is 17.9 Å². The number of carbonyl (C=O) groups excluding carboxylic acids is 3. The highest BCUT2D eigenvalue weighted by Gasteiger charge is 2.38. The third-order valence-corrected chi connectivity index (χ3v) is 2.44. The van der Waals surface area contributed by atoms with Crippen LogP contribution in [0.4, 0.5) is 0 Å². The topological polar surface area (TPSA) is 51.2 Å². The minimum atomic E-state index is -1.14. The molecule has 0 unspecified atom stereocenters. The van der Waals surface area contributed by atoms with Crippen molar-refractivity contribution in [3.05, 3.63) is 0 Å². The number of aldehydes is 1. The minimum absolute atomic E-state index is 0.0749. The summed E-state index contributed by atoms with van der Waals surface area (Å²) in [5, 5.41) is 0. The van der Waals surface area contributed by atoms with Crippen LogP contribution in [0.15, 0.2) is 0 Å². The first-order valence-corrected chi connectivity index (χ1v) is 4.40. The van der Waals surface area contributed by atoms with E-state index in [-0.39, 0.29) is 30.8 Å². The maximum atomic E-state index is 11.4. The number of ketones is 2. The lowest BCUT2D eigenvalue weighted by atomic mass is 9.74. The van der Waals surface area contributed by atoms with E-state index in [9.17, 15) is 14.4 Å². The molecule has 0 heterocycles. The molecule has 0 aromatic heterocycles. The third-order valence-electron chi connectivity index (χ3n) is 2.44. The van der Waals surface area contributed by atoms with Crippen molar-refractivity contribution >= 4 is 17.9 Å². The van der Waals surface area contributed by atoms with E-state index >= 15 is 0 Å². The van der Waals surface area contributed by atoms with E-state index in [4.69, 9.17) is 6.42 Å². The van der Waals surface area contributed by atoms with Crippen LogP contribution in [0.3, 0.4) is 0 Å². The molecule has 3 heteroatoms. The highest BCUT2D eigenvalue weighted by molar-refractivity contribution is 6.05. The maximum Gasteiger partial charge on any atom is 0.144 e. The fourth-order valence-electron chi connectivity index (χ4n) is 1.42. The second-order valence-electron chi connectivity index (χ2n) is 3.28. The van der Waals surface area contributed by atoms with E-state index in [2.05, 4.69) is 5.92 Å². The Hall–Kier alpha value is -1.43. The van der Waals surface area contributed by atoms with Gasteiger partial charge < -0.3 is 4.79 Å². The second kappa shape index (κ2) is 5.33. The number of hydrogen-bond acceptors (Lipinski definition) is 3. The van der Waals surface area contributed by atoms with Crippen LogP contribution in [0.2, 0.25) is 0 Å². The Morgan fingerprint density at radius 3 is 2.14 bits per heavy atom. The van der Waals surface area contributed by atoms with Gasteiger partial charge in [0, 0.05) is 12.8 Å². The predicted molar refractivity (Wildman–Crippen MR) is 52.5 cm³/mol. The molecule has 0 aromatic rings. The molecule has 0 spiro atoms. The van der Waals surface area contributed by atoms with E-state index in [0.717, 1.165) is 0 Å². The van der Waals surface area contributed by atoms with Gasteiger partial charge in [0.15, 0.2) is 0 Å². The van der Waals surface area contributed by atoms with Crippen molar-refractivity contribution < 1.29 is 14.4 Å². The Labute approximate surface area is 83.9 Å². The summed E-state index contributed by atoms with van der Waals surface area (Å²) in [5.74, 6) is 1.80. The quantitative estimate of drug-likeness (QED) is 0.362. The SMILES string of the molecule is C#CCC(CCC=O)(C(C)=O)C(C)=O. The van der Waals surface area contributed by atoms with Crippen LogP contribution >= 0.6 is 0 Å². The highest BCUT2D eigenvalue weighted by Crippen LogP contribution is 2.30. The number of hydrogen-bond donors (Lipinski definition) is 0. The average molecular weight is 194 g/mol. The summed E-state index contributed by atoms with van der Waals surface area (Å²) in [6.07, 6.45) is 6.28. The lowest BCUT2D eigenvalue weighted by molar-refractivity contribution is -0.138. The Balaban J connectivity index is 4.95. The van der Waals surface area contributed by atoms with E-state index in [1.54, 1.807) is 0 Å². The smallest absolute Gasteiger partial charge is 0.144 e. The monoisotopic (exact) mass is 194 g/mol. The van der Waals surface area contributed by atoms with Crippen LogP contribution in [0, 0.1) is 17.8 Å². The van der Waals surface area contributed by atoms with E-state index in [1.807, 2.05) is 0 Å². The zero-order chi connectivity index (χ0) is 11.2. The molecule has 0 aromatic carbocycles. The molecule has 0 saturated heterocycles. The zero-order valence-electron chi connectivity index (χ0n) is 8.50. The molecule has 3 nitrogen and oxygen atoms in total. The molecule has 0 N–H and O–H groups in total. The molecule has 0 aliphatic rings. The zero-order valence-corrected chi connectivity index (χ0v) is 8.50. The summed E-state index contributed by atoms with van der Waals surface area (Å²) in [7, 11) is 0. The van der Waals surface area contributed by atoms with Crippen LogP contribution in [-0.2, 0) is 14.4 Å². The largest absolute Gasteiger partial charge is 0.303 e. The molecule has 0 aliphatic heterocycles. The fourth-order valence-corrected chi connectivity index (χ4v) is 1.42. The lowest BCUT2D eigenvalue weighted by Crippen LogP contribution is -2.36. The first-order chi connectivity index (χ1) is 6.51. The van der Waals surface area contributed by atoms with Crippen LogP contribution in [0.25, 0.3) is 0 Å². The van der Waals surface area contributed by atoms with Crippen LogP contribution in [0.1, 0.15) is 33.1 Å². The standard InChI is InChI=1S/C11H14O3/c1-4-6-11(9(2)13,10(3)14)7-5-8-12/h1,8H,5-7H2,2-3H3. The van der Waals surface area contributed by atoms with E-state index in [0.29, 0.717) is 6.29 Å². The summed E-state index contributed by atoms with van der Waals surface area (Å²) in [5.41, 5.74) is -1.14. The van der Waals surface area contributed by atoms with Gasteiger partial charge in [-0.25, -0.2) is 0 Å². The molecular formula is C11H14O3. The molecule has 0 bridgehead atoms. The molecule has 0 saturated carbocycles. The van der Waals surface area contributed by atoms with Gasteiger partial charge in [-0.1, -0.05) is 0 Å². The van der Waals surface area contributed by atoms with Gasteiger partial charge in [-0.15, -0.1) is 12.3 Å². The normalized spacial score (nSPS) is 10.4. The predicted octanol–water partition coefficient (Wildman–Crippen LogP) is 1.15. The van der Waals surface area contributed by atoms with Crippen molar-refractivity contribution in [1.29, 1.82) is 0 Å². The van der Waals surface area contributed by atoms with Crippen molar-refractivity contribution in [2.45, 2.75) is 33.1 Å². The van der Waals surface area contributed by atoms with Gasteiger partial charge in [0.25, 0.3) is 0 Å². The molecule has 0 amide bonds.